The molecule has 1 fully saturated rings. The summed E-state index contributed by atoms with van der Waals surface area (Å²) in [5.41, 5.74) is 13.0. The average molecular weight is 347 g/mol. The van der Waals surface area contributed by atoms with E-state index in [1.807, 2.05) is 24.3 Å². The summed E-state index contributed by atoms with van der Waals surface area (Å²) in [6.45, 7) is 0.719. The van der Waals surface area contributed by atoms with Gasteiger partial charge in [0.05, 0.1) is 28.9 Å². The van der Waals surface area contributed by atoms with Crippen molar-refractivity contribution in [3.63, 3.8) is 0 Å². The lowest BCUT2D eigenvalue weighted by Crippen LogP contribution is -2.51. The van der Waals surface area contributed by atoms with Gasteiger partial charge in [-0.25, -0.2) is 9.67 Å². The Balaban J connectivity index is 1.87. The van der Waals surface area contributed by atoms with Crippen LogP contribution in [0.25, 0.3) is 11.0 Å². The van der Waals surface area contributed by atoms with Gasteiger partial charge in [0.25, 0.3) is 0 Å². The molecular formula is C16H19ClN6O. The quantitative estimate of drug-likeness (QED) is 0.803. The molecule has 1 aliphatic heterocycles. The summed E-state index contributed by atoms with van der Waals surface area (Å²) < 4.78 is 7.58. The summed E-state index contributed by atoms with van der Waals surface area (Å²) in [5.74, 6) is 0. The first-order chi connectivity index (χ1) is 11.6. The molecule has 2 aromatic heterocycles. The molecule has 126 valence electrons. The zero-order valence-electron chi connectivity index (χ0n) is 13.1. The Labute approximate surface area is 144 Å². The number of hydrogen-bond acceptors (Lipinski definition) is 6. The Morgan fingerprint density at radius 2 is 2.17 bits per heavy atom. The smallest absolute Gasteiger partial charge is 0.224 e. The van der Waals surface area contributed by atoms with Crippen LogP contribution in [0.2, 0.25) is 5.28 Å². The minimum absolute atomic E-state index is 0.120. The maximum absolute atomic E-state index is 6.57. The van der Waals surface area contributed by atoms with E-state index in [9.17, 15) is 0 Å². The number of halogens is 1. The summed E-state index contributed by atoms with van der Waals surface area (Å²) in [7, 11) is 0. The van der Waals surface area contributed by atoms with E-state index in [1.165, 1.54) is 0 Å². The number of ether oxygens (including phenoxy) is 1. The van der Waals surface area contributed by atoms with Crippen molar-refractivity contribution in [3.8, 4) is 0 Å². The van der Waals surface area contributed by atoms with Crippen molar-refractivity contribution < 1.29 is 4.74 Å². The monoisotopic (exact) mass is 346 g/mol. The molecule has 24 heavy (non-hydrogen) atoms. The topological polar surface area (TPSA) is 105 Å². The number of rotatable bonds is 2. The minimum Gasteiger partial charge on any atom is -0.356 e. The molecule has 0 spiro atoms. The predicted molar refractivity (Wildman–Crippen MR) is 91.3 cm³/mol. The second-order valence-electron chi connectivity index (χ2n) is 6.19. The van der Waals surface area contributed by atoms with Gasteiger partial charge in [-0.15, -0.1) is 0 Å². The van der Waals surface area contributed by atoms with Gasteiger partial charge in [-0.1, -0.05) is 24.3 Å². The number of nitrogens with zero attached hydrogens (tertiary/aromatic N) is 4. The van der Waals surface area contributed by atoms with Crippen molar-refractivity contribution in [2.24, 2.45) is 11.5 Å². The Morgan fingerprint density at radius 1 is 1.29 bits per heavy atom. The van der Waals surface area contributed by atoms with Crippen molar-refractivity contribution in [1.82, 2.24) is 19.7 Å². The summed E-state index contributed by atoms with van der Waals surface area (Å²) >= 11 is 6.18. The minimum atomic E-state index is -0.957. The van der Waals surface area contributed by atoms with Crippen molar-refractivity contribution in [1.29, 1.82) is 0 Å². The van der Waals surface area contributed by atoms with E-state index in [-0.39, 0.29) is 11.5 Å². The summed E-state index contributed by atoms with van der Waals surface area (Å²) in [6, 6.07) is -0.411. The molecule has 3 unspecified atom stereocenters. The van der Waals surface area contributed by atoms with Gasteiger partial charge in [-0.2, -0.15) is 10.1 Å². The van der Waals surface area contributed by atoms with Crippen LogP contribution in [0.4, 0.5) is 0 Å². The molecule has 0 amide bonds. The lowest BCUT2D eigenvalue weighted by molar-refractivity contribution is -0.0370. The van der Waals surface area contributed by atoms with Crippen molar-refractivity contribution >= 4 is 22.6 Å². The standard InChI is InChI=1S/C16H19ClN6O/c17-15-21-13(16(19)7-3-1-5-11(16)18)10-9-20-23(14(10)22-15)12-6-2-4-8-24-12/h1,3,5,7,9,11-12H,2,4,6,8,18-19H2. The molecule has 7 nitrogen and oxygen atoms in total. The van der Waals surface area contributed by atoms with Crippen LogP contribution in [0.3, 0.4) is 0 Å². The molecule has 1 aliphatic carbocycles. The van der Waals surface area contributed by atoms with E-state index in [0.717, 1.165) is 31.3 Å². The van der Waals surface area contributed by atoms with Crippen molar-refractivity contribution in [3.05, 3.63) is 41.5 Å². The first-order valence-corrected chi connectivity index (χ1v) is 8.41. The number of nitrogens with two attached hydrogens (primary N) is 2. The maximum atomic E-state index is 6.57. The van der Waals surface area contributed by atoms with Gasteiger partial charge in [0.1, 0.15) is 0 Å². The molecule has 0 aromatic carbocycles. The predicted octanol–water partition coefficient (Wildman–Crippen LogP) is 1.79. The zero-order chi connectivity index (χ0) is 16.7. The Kier molecular flexibility index (Phi) is 3.88. The molecule has 2 aromatic rings. The largest absolute Gasteiger partial charge is 0.356 e. The van der Waals surface area contributed by atoms with Crippen molar-refractivity contribution in [2.75, 3.05) is 6.61 Å². The summed E-state index contributed by atoms with van der Waals surface area (Å²) in [4.78, 5) is 8.73. The zero-order valence-corrected chi connectivity index (χ0v) is 13.9. The molecular weight excluding hydrogens is 328 g/mol. The van der Waals surface area contributed by atoms with E-state index < -0.39 is 11.6 Å². The third-order valence-electron chi connectivity index (χ3n) is 4.62. The molecule has 2 aliphatic rings. The molecule has 3 atom stereocenters. The van der Waals surface area contributed by atoms with Gasteiger partial charge in [0.2, 0.25) is 5.28 Å². The van der Waals surface area contributed by atoms with Crippen LogP contribution in [-0.4, -0.2) is 32.4 Å². The Hall–Kier alpha value is -1.80. The van der Waals surface area contributed by atoms with Crippen LogP contribution in [0.15, 0.2) is 30.5 Å². The van der Waals surface area contributed by atoms with Gasteiger partial charge >= 0.3 is 0 Å². The average Bonchev–Trinajstić information content (AvgIpc) is 3.01. The molecule has 8 heteroatoms. The molecule has 3 heterocycles. The first-order valence-electron chi connectivity index (χ1n) is 8.03. The molecule has 0 bridgehead atoms. The van der Waals surface area contributed by atoms with Gasteiger partial charge in [-0.05, 0) is 30.9 Å². The van der Waals surface area contributed by atoms with Gasteiger partial charge < -0.3 is 16.2 Å². The number of fused-ring (bicyclic) bond motifs is 1. The van der Waals surface area contributed by atoms with E-state index in [4.69, 9.17) is 27.8 Å². The highest BCUT2D eigenvalue weighted by molar-refractivity contribution is 6.28. The Morgan fingerprint density at radius 3 is 2.92 bits per heavy atom. The molecule has 0 radical (unpaired) electrons. The fraction of sp³-hybridized carbons (Fsp3) is 0.438. The van der Waals surface area contributed by atoms with E-state index in [2.05, 4.69) is 15.1 Å². The highest BCUT2D eigenvalue weighted by atomic mass is 35.5. The van der Waals surface area contributed by atoms with Gasteiger partial charge in [0, 0.05) is 6.61 Å². The summed E-state index contributed by atoms with van der Waals surface area (Å²) in [5, 5.41) is 5.33. The summed E-state index contributed by atoms with van der Waals surface area (Å²) in [6.07, 6.45) is 12.0. The van der Waals surface area contributed by atoms with Crippen LogP contribution < -0.4 is 11.5 Å². The van der Waals surface area contributed by atoms with E-state index >= 15 is 0 Å². The van der Waals surface area contributed by atoms with Gasteiger partial charge in [-0.3, -0.25) is 0 Å². The SMILES string of the molecule is NC1C=CC=CC1(N)c1nc(Cl)nc2c1cnn2C1CCCCO1. The highest BCUT2D eigenvalue weighted by Gasteiger charge is 2.36. The highest BCUT2D eigenvalue weighted by Crippen LogP contribution is 2.33. The second kappa shape index (κ2) is 5.93. The van der Waals surface area contributed by atoms with Crippen LogP contribution in [-0.2, 0) is 10.3 Å². The van der Waals surface area contributed by atoms with Crippen LogP contribution >= 0.6 is 11.6 Å². The normalized spacial score (nSPS) is 30.1. The van der Waals surface area contributed by atoms with E-state index in [1.54, 1.807) is 10.9 Å². The number of allylic oxidation sites excluding steroid dienone is 2. The van der Waals surface area contributed by atoms with Crippen LogP contribution in [0.1, 0.15) is 31.2 Å². The lowest BCUT2D eigenvalue weighted by Gasteiger charge is -2.32. The molecule has 4 rings (SSSR count). The molecule has 0 saturated carbocycles. The third kappa shape index (κ3) is 2.44. The van der Waals surface area contributed by atoms with Crippen LogP contribution in [0, 0.1) is 0 Å². The number of aromatic nitrogens is 4. The first kappa shape index (κ1) is 15.7. The number of hydrogen-bond donors (Lipinski definition) is 2. The fourth-order valence-corrected chi connectivity index (χ4v) is 3.43. The van der Waals surface area contributed by atoms with Gasteiger partial charge in [0.15, 0.2) is 11.9 Å². The van der Waals surface area contributed by atoms with Crippen molar-refractivity contribution in [2.45, 2.75) is 37.1 Å². The fourth-order valence-electron chi connectivity index (χ4n) is 3.26. The molecule has 1 saturated heterocycles. The van der Waals surface area contributed by atoms with E-state index in [0.29, 0.717) is 11.3 Å². The third-order valence-corrected chi connectivity index (χ3v) is 4.79. The van der Waals surface area contributed by atoms with Crippen LogP contribution in [0.5, 0.6) is 0 Å². The molecule has 4 N–H and O–H groups in total. The lowest BCUT2D eigenvalue weighted by atomic mass is 9.83. The maximum Gasteiger partial charge on any atom is 0.224 e. The Bertz CT molecular complexity index is 825. The second-order valence-corrected chi connectivity index (χ2v) is 6.53.